The molecule has 0 aliphatic rings. The minimum absolute atomic E-state index is 0.447. The third-order valence-corrected chi connectivity index (χ3v) is 2.18. The summed E-state index contributed by atoms with van der Waals surface area (Å²) in [5, 5.41) is 3.35. The van der Waals surface area contributed by atoms with E-state index in [-0.39, 0.29) is 0 Å². The number of rotatable bonds is 3. The molecule has 0 aromatic carbocycles. The van der Waals surface area contributed by atoms with Crippen molar-refractivity contribution in [2.75, 3.05) is 13.1 Å². The third kappa shape index (κ3) is 3.89. The van der Waals surface area contributed by atoms with Crippen molar-refractivity contribution < 1.29 is 0 Å². The van der Waals surface area contributed by atoms with E-state index in [4.69, 9.17) is 0 Å². The van der Waals surface area contributed by atoms with Crippen molar-refractivity contribution in [2.45, 2.75) is 34.6 Å². The first-order valence-corrected chi connectivity index (χ1v) is 4.19. The van der Waals surface area contributed by atoms with E-state index >= 15 is 0 Å². The Morgan fingerprint density at radius 1 is 1.30 bits per heavy atom. The van der Waals surface area contributed by atoms with Gasteiger partial charge in [-0.15, -0.1) is 0 Å². The van der Waals surface area contributed by atoms with E-state index in [0.717, 1.165) is 19.0 Å². The molecule has 1 unspecified atom stereocenters. The third-order valence-electron chi connectivity index (χ3n) is 2.18. The first-order valence-electron chi connectivity index (χ1n) is 4.19. The van der Waals surface area contributed by atoms with Gasteiger partial charge in [0.2, 0.25) is 0 Å². The molecular weight excluding hydrogens is 122 g/mol. The van der Waals surface area contributed by atoms with Gasteiger partial charge in [0.05, 0.1) is 0 Å². The molecule has 0 heterocycles. The summed E-state index contributed by atoms with van der Waals surface area (Å²) in [7, 11) is 0. The van der Waals surface area contributed by atoms with Crippen LogP contribution in [0.2, 0.25) is 0 Å². The molecule has 0 aliphatic carbocycles. The van der Waals surface area contributed by atoms with Crippen LogP contribution in [0.1, 0.15) is 34.6 Å². The summed E-state index contributed by atoms with van der Waals surface area (Å²) < 4.78 is 0. The molecule has 1 N–H and O–H groups in total. The second-order valence-corrected chi connectivity index (χ2v) is 4.07. The highest BCUT2D eigenvalue weighted by Crippen LogP contribution is 2.24. The predicted octanol–water partition coefficient (Wildman–Crippen LogP) is 2.28. The van der Waals surface area contributed by atoms with Crippen LogP contribution in [-0.2, 0) is 0 Å². The summed E-state index contributed by atoms with van der Waals surface area (Å²) in [5.74, 6) is 0.757. The van der Waals surface area contributed by atoms with Gasteiger partial charge in [0, 0.05) is 0 Å². The van der Waals surface area contributed by atoms with Crippen molar-refractivity contribution in [3.8, 4) is 0 Å². The monoisotopic (exact) mass is 143 g/mol. The lowest BCUT2D eigenvalue weighted by molar-refractivity contribution is 0.254. The first kappa shape index (κ1) is 9.96. The maximum absolute atomic E-state index is 3.35. The Bertz CT molecular complexity index is 81.2. The van der Waals surface area contributed by atoms with Crippen LogP contribution in [0, 0.1) is 11.3 Å². The average Bonchev–Trinajstić information content (AvgIpc) is 1.80. The summed E-state index contributed by atoms with van der Waals surface area (Å²) in [6.45, 7) is 13.5. The topological polar surface area (TPSA) is 12.0 Å². The van der Waals surface area contributed by atoms with Gasteiger partial charge in [-0.25, -0.2) is 0 Å². The van der Waals surface area contributed by atoms with Crippen molar-refractivity contribution in [3.63, 3.8) is 0 Å². The van der Waals surface area contributed by atoms with Gasteiger partial charge in [-0.05, 0) is 24.4 Å². The summed E-state index contributed by atoms with van der Waals surface area (Å²) in [6, 6.07) is 0. The molecule has 1 heteroatoms. The van der Waals surface area contributed by atoms with Gasteiger partial charge in [-0.3, -0.25) is 0 Å². The van der Waals surface area contributed by atoms with Crippen molar-refractivity contribution in [1.29, 1.82) is 0 Å². The molecule has 0 aliphatic heterocycles. The fourth-order valence-electron chi connectivity index (χ4n) is 0.667. The van der Waals surface area contributed by atoms with Crippen LogP contribution in [0.15, 0.2) is 0 Å². The Morgan fingerprint density at radius 3 is 2.10 bits per heavy atom. The first-order chi connectivity index (χ1) is 4.48. The Morgan fingerprint density at radius 2 is 1.80 bits per heavy atom. The Hall–Kier alpha value is -0.0400. The molecule has 62 valence electrons. The van der Waals surface area contributed by atoms with Crippen LogP contribution in [0.4, 0.5) is 0 Å². The zero-order valence-corrected chi connectivity index (χ0v) is 7.99. The summed E-state index contributed by atoms with van der Waals surface area (Å²) in [4.78, 5) is 0. The standard InChI is InChI=1S/C9H21N/c1-6-10-7-8(2)9(3,4)5/h8,10H,6-7H2,1-5H3. The molecular formula is C9H21N. The highest BCUT2D eigenvalue weighted by molar-refractivity contribution is 4.71. The molecule has 0 rings (SSSR count). The van der Waals surface area contributed by atoms with Gasteiger partial charge >= 0.3 is 0 Å². The van der Waals surface area contributed by atoms with E-state index in [1.807, 2.05) is 0 Å². The zero-order valence-electron chi connectivity index (χ0n) is 7.99. The maximum Gasteiger partial charge on any atom is -0.00183 e. The highest BCUT2D eigenvalue weighted by Gasteiger charge is 2.18. The Labute approximate surface area is 65.2 Å². The molecule has 10 heavy (non-hydrogen) atoms. The summed E-state index contributed by atoms with van der Waals surface area (Å²) in [5.41, 5.74) is 0.447. The molecule has 0 amide bonds. The van der Waals surface area contributed by atoms with Crippen LogP contribution in [0.5, 0.6) is 0 Å². The number of nitrogens with one attached hydrogen (secondary N) is 1. The Kier molecular flexibility index (Phi) is 3.95. The van der Waals surface area contributed by atoms with E-state index in [2.05, 4.69) is 39.9 Å². The zero-order chi connectivity index (χ0) is 8.20. The smallest absolute Gasteiger partial charge is 0.00183 e. The van der Waals surface area contributed by atoms with Gasteiger partial charge in [0.25, 0.3) is 0 Å². The molecule has 0 aromatic rings. The second kappa shape index (κ2) is 3.97. The van der Waals surface area contributed by atoms with Crippen molar-refractivity contribution in [1.82, 2.24) is 5.32 Å². The lowest BCUT2D eigenvalue weighted by Crippen LogP contribution is -2.29. The SMILES string of the molecule is CCNCC(C)C(C)(C)C. The predicted molar refractivity (Wildman–Crippen MR) is 47.2 cm³/mol. The fourth-order valence-corrected chi connectivity index (χ4v) is 0.667. The van der Waals surface area contributed by atoms with E-state index in [9.17, 15) is 0 Å². The van der Waals surface area contributed by atoms with Crippen LogP contribution in [-0.4, -0.2) is 13.1 Å². The number of hydrogen-bond acceptors (Lipinski definition) is 1. The van der Waals surface area contributed by atoms with Gasteiger partial charge in [-0.2, -0.15) is 0 Å². The van der Waals surface area contributed by atoms with Gasteiger partial charge in [-0.1, -0.05) is 34.6 Å². The van der Waals surface area contributed by atoms with Crippen molar-refractivity contribution in [2.24, 2.45) is 11.3 Å². The van der Waals surface area contributed by atoms with Gasteiger partial charge < -0.3 is 5.32 Å². The average molecular weight is 143 g/mol. The van der Waals surface area contributed by atoms with Gasteiger partial charge in [0.1, 0.15) is 0 Å². The van der Waals surface area contributed by atoms with Crippen molar-refractivity contribution >= 4 is 0 Å². The van der Waals surface area contributed by atoms with Crippen molar-refractivity contribution in [3.05, 3.63) is 0 Å². The number of hydrogen-bond donors (Lipinski definition) is 1. The largest absolute Gasteiger partial charge is 0.317 e. The summed E-state index contributed by atoms with van der Waals surface area (Å²) in [6.07, 6.45) is 0. The quantitative estimate of drug-likeness (QED) is 0.639. The highest BCUT2D eigenvalue weighted by atomic mass is 14.8. The van der Waals surface area contributed by atoms with Gasteiger partial charge in [0.15, 0.2) is 0 Å². The van der Waals surface area contributed by atoms with Crippen LogP contribution in [0.3, 0.4) is 0 Å². The van der Waals surface area contributed by atoms with E-state index in [0.29, 0.717) is 5.41 Å². The Balaban J connectivity index is 3.52. The molecule has 0 spiro atoms. The maximum atomic E-state index is 3.35. The molecule has 0 fully saturated rings. The molecule has 0 radical (unpaired) electrons. The molecule has 1 atom stereocenters. The minimum atomic E-state index is 0.447. The molecule has 0 aromatic heterocycles. The summed E-state index contributed by atoms with van der Waals surface area (Å²) >= 11 is 0. The minimum Gasteiger partial charge on any atom is -0.317 e. The van der Waals surface area contributed by atoms with Crippen LogP contribution < -0.4 is 5.32 Å². The normalized spacial score (nSPS) is 15.3. The van der Waals surface area contributed by atoms with E-state index in [1.165, 1.54) is 0 Å². The molecule has 0 saturated heterocycles. The van der Waals surface area contributed by atoms with E-state index < -0.39 is 0 Å². The fraction of sp³-hybridized carbons (Fsp3) is 1.00. The second-order valence-electron chi connectivity index (χ2n) is 4.07. The lowest BCUT2D eigenvalue weighted by Gasteiger charge is -2.27. The lowest BCUT2D eigenvalue weighted by atomic mass is 9.82. The van der Waals surface area contributed by atoms with Crippen LogP contribution >= 0.6 is 0 Å². The van der Waals surface area contributed by atoms with Crippen LogP contribution in [0.25, 0.3) is 0 Å². The molecule has 0 bridgehead atoms. The molecule has 1 nitrogen and oxygen atoms in total. The van der Waals surface area contributed by atoms with E-state index in [1.54, 1.807) is 0 Å². The molecule has 0 saturated carbocycles.